The summed E-state index contributed by atoms with van der Waals surface area (Å²) in [6.07, 6.45) is 0. The number of hydrogen-bond donors (Lipinski definition) is 1. The minimum Gasteiger partial charge on any atom is -0.371 e. The van der Waals surface area contributed by atoms with Crippen molar-refractivity contribution in [1.82, 2.24) is 5.32 Å². The molecule has 2 heteroatoms. The first kappa shape index (κ1) is 13.4. The zero-order valence-corrected chi connectivity index (χ0v) is 12.3. The fraction of sp³-hybridized carbons (Fsp3) is 0.625. The molecule has 0 radical (unpaired) electrons. The van der Waals surface area contributed by atoms with Crippen molar-refractivity contribution in [1.29, 1.82) is 0 Å². The summed E-state index contributed by atoms with van der Waals surface area (Å²) in [5.41, 5.74) is 3.18. The number of rotatable bonds is 3. The van der Waals surface area contributed by atoms with Crippen molar-refractivity contribution < 1.29 is 0 Å². The predicted octanol–water partition coefficient (Wildman–Crippen LogP) is 3.45. The van der Waals surface area contributed by atoms with Gasteiger partial charge < -0.3 is 10.2 Å². The van der Waals surface area contributed by atoms with E-state index >= 15 is 0 Å². The van der Waals surface area contributed by atoms with E-state index in [2.05, 4.69) is 62.2 Å². The molecule has 1 fully saturated rings. The third-order valence-electron chi connectivity index (χ3n) is 4.27. The average Bonchev–Trinajstić information content (AvgIpc) is 2.24. The highest BCUT2D eigenvalue weighted by Crippen LogP contribution is 2.36. The second kappa shape index (κ2) is 4.93. The highest BCUT2D eigenvalue weighted by Gasteiger charge is 2.35. The third-order valence-corrected chi connectivity index (χ3v) is 4.27. The highest BCUT2D eigenvalue weighted by molar-refractivity contribution is 5.51. The SMILES string of the molecule is CNC(C)c1cccc(N2CC(C(C)(C)C)C2)c1. The van der Waals surface area contributed by atoms with E-state index in [0.29, 0.717) is 11.5 Å². The highest BCUT2D eigenvalue weighted by atomic mass is 15.2. The summed E-state index contributed by atoms with van der Waals surface area (Å²) in [7, 11) is 2.01. The first-order valence-electron chi connectivity index (χ1n) is 6.94. The van der Waals surface area contributed by atoms with Gasteiger partial charge in [-0.25, -0.2) is 0 Å². The van der Waals surface area contributed by atoms with Gasteiger partial charge in [0.2, 0.25) is 0 Å². The number of nitrogens with one attached hydrogen (secondary N) is 1. The Morgan fingerprint density at radius 3 is 2.50 bits per heavy atom. The largest absolute Gasteiger partial charge is 0.371 e. The third kappa shape index (κ3) is 2.69. The van der Waals surface area contributed by atoms with Crippen molar-refractivity contribution in [2.75, 3.05) is 25.0 Å². The molecule has 0 saturated carbocycles. The second-order valence-corrected chi connectivity index (χ2v) is 6.57. The molecule has 1 atom stereocenters. The lowest BCUT2D eigenvalue weighted by atomic mass is 9.76. The predicted molar refractivity (Wildman–Crippen MR) is 79.1 cm³/mol. The monoisotopic (exact) mass is 246 g/mol. The van der Waals surface area contributed by atoms with E-state index in [1.807, 2.05) is 7.05 Å². The van der Waals surface area contributed by atoms with Gasteiger partial charge in [0.05, 0.1) is 0 Å². The molecule has 1 aromatic rings. The van der Waals surface area contributed by atoms with Gasteiger partial charge in [-0.3, -0.25) is 0 Å². The molecule has 1 aliphatic heterocycles. The standard InChI is InChI=1S/C16H26N2/c1-12(17-5)13-7-6-8-15(9-13)18-10-14(11-18)16(2,3)4/h6-9,12,14,17H,10-11H2,1-5H3. The summed E-state index contributed by atoms with van der Waals surface area (Å²) < 4.78 is 0. The maximum atomic E-state index is 3.30. The molecule has 1 N–H and O–H groups in total. The maximum absolute atomic E-state index is 3.30. The Bertz CT molecular complexity index is 400. The number of anilines is 1. The summed E-state index contributed by atoms with van der Waals surface area (Å²) in [5, 5.41) is 3.30. The lowest BCUT2D eigenvalue weighted by Gasteiger charge is -2.47. The Labute approximate surface area is 111 Å². The first-order chi connectivity index (χ1) is 8.41. The number of hydrogen-bond acceptors (Lipinski definition) is 2. The maximum Gasteiger partial charge on any atom is 0.0369 e. The van der Waals surface area contributed by atoms with Crippen LogP contribution in [0.3, 0.4) is 0 Å². The normalized spacial score (nSPS) is 18.6. The minimum absolute atomic E-state index is 0.421. The molecule has 18 heavy (non-hydrogen) atoms. The molecular weight excluding hydrogens is 220 g/mol. The molecule has 1 unspecified atom stereocenters. The molecular formula is C16H26N2. The molecule has 0 bridgehead atoms. The van der Waals surface area contributed by atoms with E-state index < -0.39 is 0 Å². The molecule has 0 spiro atoms. The Balaban J connectivity index is 2.04. The fourth-order valence-corrected chi connectivity index (χ4v) is 2.39. The molecule has 100 valence electrons. The first-order valence-corrected chi connectivity index (χ1v) is 6.94. The van der Waals surface area contributed by atoms with E-state index in [9.17, 15) is 0 Å². The fourth-order valence-electron chi connectivity index (χ4n) is 2.39. The van der Waals surface area contributed by atoms with E-state index in [4.69, 9.17) is 0 Å². The summed E-state index contributed by atoms with van der Waals surface area (Å²) in [6.45, 7) is 11.6. The van der Waals surface area contributed by atoms with Crippen molar-refractivity contribution in [3.05, 3.63) is 29.8 Å². The Kier molecular flexibility index (Phi) is 3.67. The molecule has 1 aliphatic rings. The van der Waals surface area contributed by atoms with E-state index in [1.165, 1.54) is 24.3 Å². The minimum atomic E-state index is 0.421. The Morgan fingerprint density at radius 1 is 1.28 bits per heavy atom. The van der Waals surface area contributed by atoms with Crippen molar-refractivity contribution in [2.24, 2.45) is 11.3 Å². The van der Waals surface area contributed by atoms with Crippen LogP contribution in [0.2, 0.25) is 0 Å². The van der Waals surface area contributed by atoms with Crippen molar-refractivity contribution >= 4 is 5.69 Å². The molecule has 0 aromatic heterocycles. The van der Waals surface area contributed by atoms with Gasteiger partial charge >= 0.3 is 0 Å². The zero-order valence-electron chi connectivity index (χ0n) is 12.3. The molecule has 2 rings (SSSR count). The van der Waals surface area contributed by atoms with Crippen LogP contribution in [-0.2, 0) is 0 Å². The van der Waals surface area contributed by atoms with Crippen LogP contribution < -0.4 is 10.2 Å². The van der Waals surface area contributed by atoms with Crippen LogP contribution in [0.1, 0.15) is 39.3 Å². The van der Waals surface area contributed by atoms with Gasteiger partial charge in [0.1, 0.15) is 0 Å². The van der Waals surface area contributed by atoms with Crippen molar-refractivity contribution in [3.63, 3.8) is 0 Å². The topological polar surface area (TPSA) is 15.3 Å². The summed E-state index contributed by atoms with van der Waals surface area (Å²) >= 11 is 0. The number of nitrogens with zero attached hydrogens (tertiary/aromatic N) is 1. The molecule has 1 aromatic carbocycles. The lowest BCUT2D eigenvalue weighted by Crippen LogP contribution is -2.52. The summed E-state index contributed by atoms with van der Waals surface area (Å²) in [6, 6.07) is 9.34. The second-order valence-electron chi connectivity index (χ2n) is 6.57. The van der Waals surface area contributed by atoms with Crippen LogP contribution in [0.4, 0.5) is 5.69 Å². The van der Waals surface area contributed by atoms with Crippen molar-refractivity contribution in [3.8, 4) is 0 Å². The van der Waals surface area contributed by atoms with Gasteiger partial charge in [0.25, 0.3) is 0 Å². The van der Waals surface area contributed by atoms with Crippen LogP contribution >= 0.6 is 0 Å². The van der Waals surface area contributed by atoms with Crippen LogP contribution in [0, 0.1) is 11.3 Å². The molecule has 1 heterocycles. The van der Waals surface area contributed by atoms with Crippen LogP contribution in [0.15, 0.2) is 24.3 Å². The van der Waals surface area contributed by atoms with Crippen molar-refractivity contribution in [2.45, 2.75) is 33.7 Å². The average molecular weight is 246 g/mol. The molecule has 0 aliphatic carbocycles. The van der Waals surface area contributed by atoms with Gasteiger partial charge in [-0.1, -0.05) is 32.9 Å². The van der Waals surface area contributed by atoms with Gasteiger partial charge in [-0.15, -0.1) is 0 Å². The number of benzene rings is 1. The van der Waals surface area contributed by atoms with Crippen LogP contribution in [-0.4, -0.2) is 20.1 Å². The van der Waals surface area contributed by atoms with E-state index in [0.717, 1.165) is 5.92 Å². The molecule has 1 saturated heterocycles. The van der Waals surface area contributed by atoms with Gasteiger partial charge in [-0.2, -0.15) is 0 Å². The van der Waals surface area contributed by atoms with E-state index in [1.54, 1.807) is 0 Å². The summed E-state index contributed by atoms with van der Waals surface area (Å²) in [5.74, 6) is 0.822. The van der Waals surface area contributed by atoms with Crippen LogP contribution in [0.25, 0.3) is 0 Å². The lowest BCUT2D eigenvalue weighted by molar-refractivity contribution is 0.195. The Morgan fingerprint density at radius 2 is 1.94 bits per heavy atom. The molecule has 2 nitrogen and oxygen atoms in total. The van der Waals surface area contributed by atoms with E-state index in [-0.39, 0.29) is 0 Å². The molecule has 0 amide bonds. The quantitative estimate of drug-likeness (QED) is 0.879. The Hall–Kier alpha value is -1.02. The smallest absolute Gasteiger partial charge is 0.0369 e. The van der Waals surface area contributed by atoms with Gasteiger partial charge in [-0.05, 0) is 43.0 Å². The summed E-state index contributed by atoms with van der Waals surface area (Å²) in [4.78, 5) is 2.49. The van der Waals surface area contributed by atoms with Gasteiger partial charge in [0, 0.05) is 24.8 Å². The van der Waals surface area contributed by atoms with Gasteiger partial charge in [0.15, 0.2) is 0 Å². The van der Waals surface area contributed by atoms with Crippen LogP contribution in [0.5, 0.6) is 0 Å². The zero-order chi connectivity index (χ0) is 13.3.